The van der Waals surface area contributed by atoms with Crippen molar-refractivity contribution < 1.29 is 13.9 Å². The van der Waals surface area contributed by atoms with Crippen molar-refractivity contribution in [3.63, 3.8) is 0 Å². The zero-order valence-electron chi connectivity index (χ0n) is 18.1. The van der Waals surface area contributed by atoms with Gasteiger partial charge in [0.25, 0.3) is 0 Å². The van der Waals surface area contributed by atoms with Crippen molar-refractivity contribution >= 4 is 29.9 Å². The Hall–Kier alpha value is -1.13. The standard InChI is InChI=1S/C22H35FN4O2.HI/c1-3-24-22(25-14-17(2)29-21-7-5-4-6-20(21)23)26-19-8-11-27(12-9-19)15-18-10-13-28-16-18;/h4-7,17-19H,3,8-16H2,1-2H3,(H2,24,25,26);1H. The maximum absolute atomic E-state index is 13.7. The summed E-state index contributed by atoms with van der Waals surface area (Å²) in [5.74, 6) is 1.44. The third-order valence-electron chi connectivity index (χ3n) is 5.48. The van der Waals surface area contributed by atoms with Crippen molar-refractivity contribution in [2.45, 2.75) is 45.3 Å². The fraction of sp³-hybridized carbons (Fsp3) is 0.682. The van der Waals surface area contributed by atoms with Crippen LogP contribution in [0.5, 0.6) is 5.75 Å². The first-order chi connectivity index (χ1) is 14.1. The number of halogens is 2. The largest absolute Gasteiger partial charge is 0.486 e. The van der Waals surface area contributed by atoms with Gasteiger partial charge in [-0.3, -0.25) is 0 Å². The van der Waals surface area contributed by atoms with E-state index in [0.29, 0.717) is 18.5 Å². The Labute approximate surface area is 197 Å². The van der Waals surface area contributed by atoms with Gasteiger partial charge in [0.05, 0.1) is 13.2 Å². The van der Waals surface area contributed by atoms with E-state index in [9.17, 15) is 4.39 Å². The fourth-order valence-electron chi connectivity index (χ4n) is 3.88. The molecule has 0 aliphatic carbocycles. The van der Waals surface area contributed by atoms with Crippen LogP contribution in [0.2, 0.25) is 0 Å². The number of nitrogens with one attached hydrogen (secondary N) is 2. The van der Waals surface area contributed by atoms with Crippen LogP contribution in [0.3, 0.4) is 0 Å². The molecular formula is C22H36FIN4O2. The van der Waals surface area contributed by atoms with E-state index in [1.165, 1.54) is 12.5 Å². The van der Waals surface area contributed by atoms with Gasteiger partial charge in [0.15, 0.2) is 17.5 Å². The Bertz CT molecular complexity index is 650. The first-order valence-corrected chi connectivity index (χ1v) is 10.9. The predicted molar refractivity (Wildman–Crippen MR) is 129 cm³/mol. The van der Waals surface area contributed by atoms with Crippen molar-refractivity contribution in [1.29, 1.82) is 0 Å². The number of nitrogens with zero attached hydrogens (tertiary/aromatic N) is 2. The molecule has 2 fully saturated rings. The Morgan fingerprint density at radius 2 is 2.07 bits per heavy atom. The molecule has 1 aromatic rings. The number of guanidine groups is 1. The van der Waals surface area contributed by atoms with Crippen molar-refractivity contribution in [2.75, 3.05) is 45.9 Å². The van der Waals surface area contributed by atoms with Crippen molar-refractivity contribution in [3.8, 4) is 5.75 Å². The van der Waals surface area contributed by atoms with Crippen LogP contribution in [-0.2, 0) is 4.74 Å². The van der Waals surface area contributed by atoms with Gasteiger partial charge in [0.2, 0.25) is 0 Å². The van der Waals surface area contributed by atoms with Crippen LogP contribution < -0.4 is 15.4 Å². The van der Waals surface area contributed by atoms with Crippen molar-refractivity contribution in [2.24, 2.45) is 10.9 Å². The van der Waals surface area contributed by atoms with E-state index in [2.05, 4.69) is 27.4 Å². The monoisotopic (exact) mass is 534 g/mol. The molecule has 0 aromatic heterocycles. The van der Waals surface area contributed by atoms with E-state index in [-0.39, 0.29) is 41.6 Å². The molecule has 2 atom stereocenters. The lowest BCUT2D eigenvalue weighted by Gasteiger charge is -2.34. The smallest absolute Gasteiger partial charge is 0.191 e. The van der Waals surface area contributed by atoms with Gasteiger partial charge in [-0.05, 0) is 51.2 Å². The van der Waals surface area contributed by atoms with Gasteiger partial charge in [-0.15, -0.1) is 24.0 Å². The molecule has 1 aromatic carbocycles. The number of ether oxygens (including phenoxy) is 2. The maximum atomic E-state index is 13.7. The van der Waals surface area contributed by atoms with Gasteiger partial charge in [0, 0.05) is 38.8 Å². The second-order valence-corrected chi connectivity index (χ2v) is 8.03. The molecular weight excluding hydrogens is 498 g/mol. The van der Waals surface area contributed by atoms with E-state index in [4.69, 9.17) is 9.47 Å². The number of benzene rings is 1. The number of hydrogen-bond donors (Lipinski definition) is 2. The molecule has 2 aliphatic rings. The van der Waals surface area contributed by atoms with E-state index in [1.54, 1.807) is 18.2 Å². The lowest BCUT2D eigenvalue weighted by Crippen LogP contribution is -2.49. The highest BCUT2D eigenvalue weighted by Gasteiger charge is 2.24. The molecule has 0 saturated carbocycles. The Morgan fingerprint density at radius 3 is 2.73 bits per heavy atom. The quantitative estimate of drug-likeness (QED) is 0.305. The predicted octanol–water partition coefficient (Wildman–Crippen LogP) is 3.27. The average molecular weight is 534 g/mol. The molecule has 8 heteroatoms. The zero-order chi connectivity index (χ0) is 20.5. The van der Waals surface area contributed by atoms with Crippen molar-refractivity contribution in [1.82, 2.24) is 15.5 Å². The van der Waals surface area contributed by atoms with Crippen LogP contribution in [0, 0.1) is 11.7 Å². The van der Waals surface area contributed by atoms with Gasteiger partial charge in [-0.2, -0.15) is 0 Å². The van der Waals surface area contributed by atoms with Crippen LogP contribution in [-0.4, -0.2) is 68.9 Å². The van der Waals surface area contributed by atoms with Crippen LogP contribution >= 0.6 is 24.0 Å². The van der Waals surface area contributed by atoms with Crippen LogP contribution in [0.25, 0.3) is 0 Å². The maximum Gasteiger partial charge on any atom is 0.191 e. The average Bonchev–Trinajstić information content (AvgIpc) is 3.23. The second kappa shape index (κ2) is 13.3. The lowest BCUT2D eigenvalue weighted by atomic mass is 10.0. The molecule has 2 heterocycles. The van der Waals surface area contributed by atoms with Crippen LogP contribution in [0.1, 0.15) is 33.1 Å². The van der Waals surface area contributed by atoms with Crippen LogP contribution in [0.4, 0.5) is 4.39 Å². The second-order valence-electron chi connectivity index (χ2n) is 8.03. The number of rotatable bonds is 8. The van der Waals surface area contributed by atoms with E-state index in [1.807, 2.05) is 6.92 Å². The van der Waals surface area contributed by atoms with Gasteiger partial charge >= 0.3 is 0 Å². The highest BCUT2D eigenvalue weighted by molar-refractivity contribution is 14.0. The van der Waals surface area contributed by atoms with Gasteiger partial charge < -0.3 is 25.0 Å². The minimum absolute atomic E-state index is 0. The number of aliphatic imine (C=N–C) groups is 1. The van der Waals surface area contributed by atoms with E-state index >= 15 is 0 Å². The summed E-state index contributed by atoms with van der Waals surface area (Å²) >= 11 is 0. The molecule has 2 unspecified atom stereocenters. The number of hydrogen-bond acceptors (Lipinski definition) is 4. The molecule has 2 N–H and O–H groups in total. The molecule has 0 bridgehead atoms. The molecule has 0 amide bonds. The summed E-state index contributed by atoms with van der Waals surface area (Å²) in [4.78, 5) is 7.21. The van der Waals surface area contributed by atoms with Crippen LogP contribution in [0.15, 0.2) is 29.3 Å². The number of para-hydroxylation sites is 1. The summed E-state index contributed by atoms with van der Waals surface area (Å²) in [6.45, 7) is 10.5. The summed E-state index contributed by atoms with van der Waals surface area (Å²) in [6.07, 6.45) is 3.21. The molecule has 0 spiro atoms. The summed E-state index contributed by atoms with van der Waals surface area (Å²) in [7, 11) is 0. The molecule has 3 rings (SSSR count). The fourth-order valence-corrected chi connectivity index (χ4v) is 3.88. The topological polar surface area (TPSA) is 58.1 Å². The highest BCUT2D eigenvalue weighted by atomic mass is 127. The van der Waals surface area contributed by atoms with Gasteiger partial charge in [0.1, 0.15) is 6.10 Å². The van der Waals surface area contributed by atoms with Gasteiger partial charge in [-0.25, -0.2) is 9.38 Å². The van der Waals surface area contributed by atoms with Gasteiger partial charge in [-0.1, -0.05) is 12.1 Å². The molecule has 170 valence electrons. The Balaban J connectivity index is 0.00000320. The third kappa shape index (κ3) is 8.19. The number of piperidine rings is 1. The molecule has 2 aliphatic heterocycles. The first kappa shape index (κ1) is 25.1. The minimum atomic E-state index is -0.343. The molecule has 0 radical (unpaired) electrons. The normalized spacial score (nSPS) is 21.7. The highest BCUT2D eigenvalue weighted by Crippen LogP contribution is 2.18. The summed E-state index contributed by atoms with van der Waals surface area (Å²) in [5, 5.41) is 6.87. The molecule has 2 saturated heterocycles. The molecule has 30 heavy (non-hydrogen) atoms. The van der Waals surface area contributed by atoms with E-state index in [0.717, 1.165) is 58.2 Å². The van der Waals surface area contributed by atoms with Crippen molar-refractivity contribution in [3.05, 3.63) is 30.1 Å². The Morgan fingerprint density at radius 1 is 1.30 bits per heavy atom. The SMILES string of the molecule is CCNC(=NCC(C)Oc1ccccc1F)NC1CCN(CC2CCOC2)CC1.I. The third-order valence-corrected chi connectivity index (χ3v) is 5.48. The zero-order valence-corrected chi connectivity index (χ0v) is 20.4. The summed E-state index contributed by atoms with van der Waals surface area (Å²) in [6, 6.07) is 6.90. The number of likely N-dealkylation sites (tertiary alicyclic amines) is 1. The first-order valence-electron chi connectivity index (χ1n) is 10.9. The Kier molecular flexibility index (Phi) is 11.2. The summed E-state index contributed by atoms with van der Waals surface area (Å²) < 4.78 is 24.9. The van der Waals surface area contributed by atoms with E-state index < -0.39 is 0 Å². The minimum Gasteiger partial charge on any atom is -0.486 e. The molecule has 6 nitrogen and oxygen atoms in total. The summed E-state index contributed by atoms with van der Waals surface area (Å²) in [5.41, 5.74) is 0. The lowest BCUT2D eigenvalue weighted by molar-refractivity contribution is 0.150.